The van der Waals surface area contributed by atoms with Crippen molar-refractivity contribution < 1.29 is 13.5 Å². The van der Waals surface area contributed by atoms with Gasteiger partial charge in [-0.25, -0.2) is 4.98 Å². The number of halogens is 4. The van der Waals surface area contributed by atoms with Crippen LogP contribution >= 0.6 is 27.5 Å². The van der Waals surface area contributed by atoms with E-state index in [4.69, 9.17) is 11.6 Å². The minimum atomic E-state index is -2.87. The average Bonchev–Trinajstić information content (AvgIpc) is 2.66. The number of fused-ring (bicyclic) bond motifs is 1. The third kappa shape index (κ3) is 2.12. The molecule has 0 atom stereocenters. The molecular formula is C9H6BrClF2N2O. The first-order valence-corrected chi connectivity index (χ1v) is 5.79. The average molecular weight is 312 g/mol. The van der Waals surface area contributed by atoms with Crippen LogP contribution in [0.15, 0.2) is 12.1 Å². The minimum absolute atomic E-state index is 0.0362. The highest BCUT2D eigenvalue weighted by molar-refractivity contribution is 9.08. The molecule has 1 aromatic carbocycles. The van der Waals surface area contributed by atoms with Crippen molar-refractivity contribution in [3.8, 4) is 5.75 Å². The van der Waals surface area contributed by atoms with Crippen molar-refractivity contribution in [1.29, 1.82) is 0 Å². The summed E-state index contributed by atoms with van der Waals surface area (Å²) in [7, 11) is 0. The van der Waals surface area contributed by atoms with Crippen LogP contribution in [0.3, 0.4) is 0 Å². The molecular weight excluding hydrogens is 305 g/mol. The molecule has 16 heavy (non-hydrogen) atoms. The SMILES string of the molecule is FC(F)Oc1ccc(Cl)c2nc(CBr)[nH]c12. The first-order valence-electron chi connectivity index (χ1n) is 4.29. The topological polar surface area (TPSA) is 37.9 Å². The van der Waals surface area contributed by atoms with E-state index < -0.39 is 6.61 Å². The summed E-state index contributed by atoms with van der Waals surface area (Å²) in [5.41, 5.74) is 0.802. The van der Waals surface area contributed by atoms with Crippen LogP contribution in [0.25, 0.3) is 11.0 Å². The summed E-state index contributed by atoms with van der Waals surface area (Å²) in [6.45, 7) is -2.87. The Balaban J connectivity index is 2.58. The second kappa shape index (κ2) is 4.55. The maximum Gasteiger partial charge on any atom is 0.387 e. The summed E-state index contributed by atoms with van der Waals surface area (Å²) in [5.74, 6) is 0.635. The van der Waals surface area contributed by atoms with E-state index in [9.17, 15) is 8.78 Å². The molecule has 1 N–H and O–H groups in total. The Morgan fingerprint density at radius 1 is 1.50 bits per heavy atom. The van der Waals surface area contributed by atoms with Crippen molar-refractivity contribution in [2.75, 3.05) is 0 Å². The van der Waals surface area contributed by atoms with Gasteiger partial charge in [0.2, 0.25) is 0 Å². The Hall–Kier alpha value is -0.880. The number of aromatic amines is 1. The molecule has 2 rings (SSSR count). The number of imidazole rings is 1. The molecule has 1 heterocycles. The van der Waals surface area contributed by atoms with Crippen molar-refractivity contribution in [3.05, 3.63) is 23.0 Å². The Kier molecular flexibility index (Phi) is 3.30. The lowest BCUT2D eigenvalue weighted by molar-refractivity contribution is -0.0489. The Morgan fingerprint density at radius 2 is 2.25 bits per heavy atom. The van der Waals surface area contributed by atoms with E-state index in [0.717, 1.165) is 0 Å². The second-order valence-corrected chi connectivity index (χ2v) is 3.93. The summed E-state index contributed by atoms with van der Waals surface area (Å²) >= 11 is 9.10. The summed E-state index contributed by atoms with van der Waals surface area (Å²) < 4.78 is 28.6. The normalized spacial score (nSPS) is 11.3. The number of rotatable bonds is 3. The van der Waals surface area contributed by atoms with Gasteiger partial charge in [-0.1, -0.05) is 27.5 Å². The monoisotopic (exact) mass is 310 g/mol. The van der Waals surface area contributed by atoms with Crippen LogP contribution in [0.2, 0.25) is 5.02 Å². The van der Waals surface area contributed by atoms with Gasteiger partial charge in [-0.05, 0) is 12.1 Å². The van der Waals surface area contributed by atoms with E-state index in [0.29, 0.717) is 27.2 Å². The third-order valence-corrected chi connectivity index (χ3v) is 2.79. The number of hydrogen-bond acceptors (Lipinski definition) is 2. The van der Waals surface area contributed by atoms with E-state index >= 15 is 0 Å². The third-order valence-electron chi connectivity index (χ3n) is 1.95. The zero-order chi connectivity index (χ0) is 11.7. The fraction of sp³-hybridized carbons (Fsp3) is 0.222. The van der Waals surface area contributed by atoms with Gasteiger partial charge in [-0.2, -0.15) is 8.78 Å². The zero-order valence-corrected chi connectivity index (χ0v) is 10.1. The number of nitrogens with one attached hydrogen (secondary N) is 1. The Labute approximate surface area is 103 Å². The van der Waals surface area contributed by atoms with E-state index in [2.05, 4.69) is 30.6 Å². The van der Waals surface area contributed by atoms with Crippen molar-refractivity contribution in [2.45, 2.75) is 11.9 Å². The molecule has 0 spiro atoms. The molecule has 0 saturated heterocycles. The molecule has 0 aliphatic rings. The maximum absolute atomic E-state index is 12.1. The molecule has 0 aliphatic heterocycles. The van der Waals surface area contributed by atoms with Crippen molar-refractivity contribution >= 4 is 38.6 Å². The van der Waals surface area contributed by atoms with Crippen LogP contribution in [0.1, 0.15) is 5.82 Å². The predicted octanol–water partition coefficient (Wildman–Crippen LogP) is 3.71. The van der Waals surface area contributed by atoms with Gasteiger partial charge in [-0.3, -0.25) is 0 Å². The van der Waals surface area contributed by atoms with Gasteiger partial charge in [-0.15, -0.1) is 0 Å². The van der Waals surface area contributed by atoms with Crippen LogP contribution in [-0.2, 0) is 5.33 Å². The lowest BCUT2D eigenvalue weighted by Crippen LogP contribution is -2.02. The molecule has 0 amide bonds. The first kappa shape index (κ1) is 11.6. The van der Waals surface area contributed by atoms with Crippen molar-refractivity contribution in [3.63, 3.8) is 0 Å². The van der Waals surface area contributed by atoms with Crippen molar-refractivity contribution in [1.82, 2.24) is 9.97 Å². The standard InChI is InChI=1S/C9H6BrClF2N2O/c10-3-6-14-7-4(11)1-2-5(8(7)15-6)16-9(12)13/h1-2,9H,3H2,(H,14,15). The van der Waals surface area contributed by atoms with Gasteiger partial charge < -0.3 is 9.72 Å². The Bertz CT molecular complexity index is 517. The van der Waals surface area contributed by atoms with E-state index in [1.54, 1.807) is 0 Å². The van der Waals surface area contributed by atoms with Gasteiger partial charge >= 0.3 is 6.61 Å². The molecule has 0 bridgehead atoms. The van der Waals surface area contributed by atoms with Crippen LogP contribution < -0.4 is 4.74 Å². The van der Waals surface area contributed by atoms with Gasteiger partial charge in [0.1, 0.15) is 16.9 Å². The number of ether oxygens (including phenoxy) is 1. The second-order valence-electron chi connectivity index (χ2n) is 2.96. The fourth-order valence-corrected chi connectivity index (χ4v) is 1.81. The maximum atomic E-state index is 12.1. The summed E-state index contributed by atoms with van der Waals surface area (Å²) in [5, 5.41) is 0.867. The van der Waals surface area contributed by atoms with Crippen molar-refractivity contribution in [2.24, 2.45) is 0 Å². The van der Waals surface area contributed by atoms with Gasteiger partial charge in [0.15, 0.2) is 5.75 Å². The summed E-state index contributed by atoms with van der Waals surface area (Å²) in [6.07, 6.45) is 0. The molecule has 0 radical (unpaired) electrons. The quantitative estimate of drug-likeness (QED) is 0.877. The number of aromatic nitrogens is 2. The summed E-state index contributed by atoms with van der Waals surface area (Å²) in [6, 6.07) is 2.85. The van der Waals surface area contributed by atoms with E-state index in [1.807, 2.05) is 0 Å². The lowest BCUT2D eigenvalue weighted by Gasteiger charge is -2.05. The molecule has 0 unspecified atom stereocenters. The van der Waals surface area contributed by atoms with Gasteiger partial charge in [0.05, 0.1) is 10.4 Å². The lowest BCUT2D eigenvalue weighted by atomic mass is 10.3. The van der Waals surface area contributed by atoms with Gasteiger partial charge in [0.25, 0.3) is 0 Å². The highest BCUT2D eigenvalue weighted by Crippen LogP contribution is 2.30. The van der Waals surface area contributed by atoms with Crippen LogP contribution in [0.5, 0.6) is 5.75 Å². The highest BCUT2D eigenvalue weighted by Gasteiger charge is 2.14. The fourth-order valence-electron chi connectivity index (χ4n) is 1.34. The number of alkyl halides is 3. The van der Waals surface area contributed by atoms with E-state index in [-0.39, 0.29) is 5.75 Å². The molecule has 0 saturated carbocycles. The zero-order valence-electron chi connectivity index (χ0n) is 7.81. The molecule has 1 aromatic heterocycles. The predicted molar refractivity (Wildman–Crippen MR) is 60.4 cm³/mol. The first-order chi connectivity index (χ1) is 7.61. The largest absolute Gasteiger partial charge is 0.433 e. The molecule has 0 fully saturated rings. The van der Waals surface area contributed by atoms with E-state index in [1.165, 1.54) is 12.1 Å². The molecule has 3 nitrogen and oxygen atoms in total. The molecule has 2 aromatic rings. The smallest absolute Gasteiger partial charge is 0.387 e. The number of nitrogens with zero attached hydrogens (tertiary/aromatic N) is 1. The number of H-pyrrole nitrogens is 1. The van der Waals surface area contributed by atoms with Crippen LogP contribution in [-0.4, -0.2) is 16.6 Å². The summed E-state index contributed by atoms with van der Waals surface area (Å²) in [4.78, 5) is 7.00. The molecule has 86 valence electrons. The van der Waals surface area contributed by atoms with Crippen LogP contribution in [0.4, 0.5) is 8.78 Å². The Morgan fingerprint density at radius 3 is 2.88 bits per heavy atom. The minimum Gasteiger partial charge on any atom is -0.433 e. The number of hydrogen-bond donors (Lipinski definition) is 1. The highest BCUT2D eigenvalue weighted by atomic mass is 79.9. The van der Waals surface area contributed by atoms with Crippen LogP contribution in [0, 0.1) is 0 Å². The molecule has 0 aliphatic carbocycles. The van der Waals surface area contributed by atoms with Gasteiger partial charge in [0, 0.05) is 0 Å². The number of benzene rings is 1. The molecule has 7 heteroatoms.